The van der Waals surface area contributed by atoms with Crippen LogP contribution in [-0.2, 0) is 24.3 Å². The minimum atomic E-state index is 0.0760. The van der Waals surface area contributed by atoms with Gasteiger partial charge in [0, 0.05) is 32.0 Å². The Morgan fingerprint density at radius 1 is 1.13 bits per heavy atom. The standard InChI is InChI=1S/C24H35N5O2/c1-2-15-31-21-11-9-19(10-12-21)16-25-23(30)18-28-13-6-7-20(17-28)24-27-26-22-8-4-3-5-14-29(22)24/h9-12,20H,2-8,13-18H2,1H3,(H,25,30). The molecule has 1 aromatic heterocycles. The summed E-state index contributed by atoms with van der Waals surface area (Å²) in [5, 5.41) is 12.1. The molecule has 2 aliphatic heterocycles. The lowest BCUT2D eigenvalue weighted by Crippen LogP contribution is -2.42. The van der Waals surface area contributed by atoms with E-state index in [2.05, 4.69) is 31.9 Å². The summed E-state index contributed by atoms with van der Waals surface area (Å²) >= 11 is 0. The zero-order valence-corrected chi connectivity index (χ0v) is 18.7. The molecule has 1 atom stereocenters. The summed E-state index contributed by atoms with van der Waals surface area (Å²) in [5.41, 5.74) is 1.08. The van der Waals surface area contributed by atoms with Crippen LogP contribution in [0.1, 0.15) is 68.6 Å². The number of aromatic nitrogens is 3. The first-order chi connectivity index (χ1) is 15.2. The molecule has 2 aromatic rings. The predicted octanol–water partition coefficient (Wildman–Crippen LogP) is 3.29. The van der Waals surface area contributed by atoms with Crippen LogP contribution < -0.4 is 10.1 Å². The third-order valence-electron chi connectivity index (χ3n) is 6.26. The number of piperidine rings is 1. The summed E-state index contributed by atoms with van der Waals surface area (Å²) in [7, 11) is 0. The molecule has 2 aliphatic rings. The summed E-state index contributed by atoms with van der Waals surface area (Å²) in [6.45, 7) is 6.69. The van der Waals surface area contributed by atoms with E-state index in [9.17, 15) is 4.79 Å². The number of rotatable bonds is 8. The third-order valence-corrected chi connectivity index (χ3v) is 6.26. The van der Waals surface area contributed by atoms with Crippen molar-refractivity contribution in [3.8, 4) is 5.75 Å². The maximum atomic E-state index is 12.6. The molecule has 0 spiro atoms. The largest absolute Gasteiger partial charge is 0.494 e. The highest BCUT2D eigenvalue weighted by Crippen LogP contribution is 2.27. The number of aryl methyl sites for hydroxylation is 1. The minimum absolute atomic E-state index is 0.0760. The minimum Gasteiger partial charge on any atom is -0.494 e. The Morgan fingerprint density at radius 2 is 2.00 bits per heavy atom. The molecular formula is C24H35N5O2. The van der Waals surface area contributed by atoms with Gasteiger partial charge in [0.2, 0.25) is 5.91 Å². The Labute approximate surface area is 185 Å². The molecule has 1 unspecified atom stereocenters. The highest BCUT2D eigenvalue weighted by molar-refractivity contribution is 5.78. The van der Waals surface area contributed by atoms with Gasteiger partial charge in [-0.25, -0.2) is 0 Å². The predicted molar refractivity (Wildman–Crippen MR) is 120 cm³/mol. The van der Waals surface area contributed by atoms with E-state index in [0.717, 1.165) is 74.9 Å². The van der Waals surface area contributed by atoms with Gasteiger partial charge in [0.1, 0.15) is 17.4 Å². The third kappa shape index (κ3) is 5.85. The SMILES string of the molecule is CCCOc1ccc(CNC(=O)CN2CCCC(c3nnc4n3CCCCC4)C2)cc1. The zero-order valence-electron chi connectivity index (χ0n) is 18.7. The fourth-order valence-corrected chi connectivity index (χ4v) is 4.60. The second kappa shape index (κ2) is 10.8. The van der Waals surface area contributed by atoms with Crippen molar-refractivity contribution >= 4 is 5.91 Å². The maximum Gasteiger partial charge on any atom is 0.234 e. The van der Waals surface area contributed by atoms with Crippen LogP contribution in [0.4, 0.5) is 0 Å². The molecule has 168 valence electrons. The number of likely N-dealkylation sites (tertiary alicyclic amines) is 1. The first-order valence-electron chi connectivity index (χ1n) is 11.9. The topological polar surface area (TPSA) is 72.3 Å². The van der Waals surface area contributed by atoms with E-state index < -0.39 is 0 Å². The molecule has 7 heteroatoms. The lowest BCUT2D eigenvalue weighted by atomic mass is 9.97. The molecule has 0 radical (unpaired) electrons. The molecule has 1 amide bonds. The number of nitrogens with zero attached hydrogens (tertiary/aromatic N) is 4. The summed E-state index contributed by atoms with van der Waals surface area (Å²) in [6, 6.07) is 7.96. The average Bonchev–Trinajstić information content (AvgIpc) is 3.05. The van der Waals surface area contributed by atoms with Crippen molar-refractivity contribution < 1.29 is 9.53 Å². The van der Waals surface area contributed by atoms with Crippen molar-refractivity contribution in [1.29, 1.82) is 0 Å². The van der Waals surface area contributed by atoms with Crippen LogP contribution in [0.25, 0.3) is 0 Å². The molecule has 4 rings (SSSR count). The summed E-state index contributed by atoms with van der Waals surface area (Å²) in [5.74, 6) is 3.60. The lowest BCUT2D eigenvalue weighted by Gasteiger charge is -2.31. The molecule has 0 bridgehead atoms. The van der Waals surface area contributed by atoms with E-state index in [1.165, 1.54) is 19.3 Å². The van der Waals surface area contributed by atoms with Crippen molar-refractivity contribution in [2.45, 2.75) is 70.9 Å². The van der Waals surface area contributed by atoms with Gasteiger partial charge in [0.25, 0.3) is 0 Å². The van der Waals surface area contributed by atoms with Gasteiger partial charge >= 0.3 is 0 Å². The van der Waals surface area contributed by atoms with Crippen molar-refractivity contribution in [2.24, 2.45) is 0 Å². The number of hydrogen-bond donors (Lipinski definition) is 1. The maximum absolute atomic E-state index is 12.6. The highest BCUT2D eigenvalue weighted by Gasteiger charge is 2.28. The van der Waals surface area contributed by atoms with Gasteiger partial charge < -0.3 is 14.6 Å². The molecule has 1 saturated heterocycles. The van der Waals surface area contributed by atoms with Crippen LogP contribution in [0.5, 0.6) is 5.75 Å². The Hall–Kier alpha value is -2.41. The molecule has 3 heterocycles. The molecule has 1 N–H and O–H groups in total. The van der Waals surface area contributed by atoms with Gasteiger partial charge in [-0.15, -0.1) is 10.2 Å². The van der Waals surface area contributed by atoms with Gasteiger partial charge in [0.15, 0.2) is 0 Å². The molecule has 1 fully saturated rings. The van der Waals surface area contributed by atoms with E-state index in [1.807, 2.05) is 24.3 Å². The fraction of sp³-hybridized carbons (Fsp3) is 0.625. The second-order valence-electron chi connectivity index (χ2n) is 8.78. The van der Waals surface area contributed by atoms with E-state index in [-0.39, 0.29) is 5.91 Å². The zero-order chi connectivity index (χ0) is 21.5. The molecule has 0 saturated carbocycles. The lowest BCUT2D eigenvalue weighted by molar-refractivity contribution is -0.122. The summed E-state index contributed by atoms with van der Waals surface area (Å²) in [4.78, 5) is 14.8. The van der Waals surface area contributed by atoms with Gasteiger partial charge in [-0.05, 0) is 56.3 Å². The number of nitrogens with one attached hydrogen (secondary N) is 1. The number of benzene rings is 1. The van der Waals surface area contributed by atoms with E-state index >= 15 is 0 Å². The number of fused-ring (bicyclic) bond motifs is 1. The number of ether oxygens (including phenoxy) is 1. The quantitative estimate of drug-likeness (QED) is 0.703. The Balaban J connectivity index is 1.26. The molecule has 1 aromatic carbocycles. The monoisotopic (exact) mass is 425 g/mol. The van der Waals surface area contributed by atoms with Crippen LogP contribution in [0, 0.1) is 0 Å². The van der Waals surface area contributed by atoms with Gasteiger partial charge in [-0.3, -0.25) is 9.69 Å². The van der Waals surface area contributed by atoms with Gasteiger partial charge in [-0.1, -0.05) is 25.5 Å². The number of amides is 1. The first-order valence-corrected chi connectivity index (χ1v) is 11.9. The number of hydrogen-bond acceptors (Lipinski definition) is 5. The van der Waals surface area contributed by atoms with Crippen LogP contribution in [-0.4, -0.2) is 51.8 Å². The highest BCUT2D eigenvalue weighted by atomic mass is 16.5. The second-order valence-corrected chi connectivity index (χ2v) is 8.78. The van der Waals surface area contributed by atoms with Gasteiger partial charge in [0.05, 0.1) is 13.2 Å². The van der Waals surface area contributed by atoms with Crippen LogP contribution in [0.15, 0.2) is 24.3 Å². The van der Waals surface area contributed by atoms with Crippen LogP contribution >= 0.6 is 0 Å². The number of carbonyl (C=O) groups excluding carboxylic acids is 1. The Bertz CT molecular complexity index is 848. The van der Waals surface area contributed by atoms with Crippen molar-refractivity contribution in [3.63, 3.8) is 0 Å². The molecule has 0 aliphatic carbocycles. The summed E-state index contributed by atoms with van der Waals surface area (Å²) < 4.78 is 7.97. The summed E-state index contributed by atoms with van der Waals surface area (Å²) in [6.07, 6.45) is 7.95. The van der Waals surface area contributed by atoms with Crippen LogP contribution in [0.3, 0.4) is 0 Å². The Morgan fingerprint density at radius 3 is 2.84 bits per heavy atom. The Kier molecular flexibility index (Phi) is 7.57. The van der Waals surface area contributed by atoms with Crippen molar-refractivity contribution in [2.75, 3.05) is 26.2 Å². The molecule has 31 heavy (non-hydrogen) atoms. The van der Waals surface area contributed by atoms with Gasteiger partial charge in [-0.2, -0.15) is 0 Å². The number of carbonyl (C=O) groups is 1. The van der Waals surface area contributed by atoms with E-state index in [0.29, 0.717) is 19.0 Å². The smallest absolute Gasteiger partial charge is 0.234 e. The first kappa shape index (κ1) is 21.8. The van der Waals surface area contributed by atoms with Crippen LogP contribution in [0.2, 0.25) is 0 Å². The molecular weight excluding hydrogens is 390 g/mol. The van der Waals surface area contributed by atoms with Crippen molar-refractivity contribution in [1.82, 2.24) is 25.0 Å². The normalized spacial score (nSPS) is 19.5. The average molecular weight is 426 g/mol. The fourth-order valence-electron chi connectivity index (χ4n) is 4.60. The van der Waals surface area contributed by atoms with E-state index in [4.69, 9.17) is 4.74 Å². The van der Waals surface area contributed by atoms with E-state index in [1.54, 1.807) is 0 Å². The van der Waals surface area contributed by atoms with Crippen molar-refractivity contribution in [3.05, 3.63) is 41.5 Å². The molecule has 7 nitrogen and oxygen atoms in total.